The van der Waals surface area contributed by atoms with Crippen LogP contribution in [0.1, 0.15) is 23.5 Å². The quantitative estimate of drug-likeness (QED) is 0.634. The van der Waals surface area contributed by atoms with Crippen LogP contribution in [0.5, 0.6) is 0 Å². The monoisotopic (exact) mass is 496 g/mol. The van der Waals surface area contributed by atoms with Gasteiger partial charge in [-0.3, -0.25) is 9.59 Å². The number of nitrogens with zero attached hydrogens (tertiary/aromatic N) is 1. The highest BCUT2D eigenvalue weighted by Crippen LogP contribution is 2.44. The molecule has 1 aliphatic carbocycles. The summed E-state index contributed by atoms with van der Waals surface area (Å²) < 4.78 is 11.3. The second kappa shape index (κ2) is 10.3. The van der Waals surface area contributed by atoms with Crippen molar-refractivity contribution in [3.63, 3.8) is 0 Å². The third-order valence-electron chi connectivity index (χ3n) is 6.96. The number of carbonyl (C=O) groups excluding carboxylic acids is 2. The van der Waals surface area contributed by atoms with Gasteiger partial charge in [0.05, 0.1) is 0 Å². The molecule has 0 saturated carbocycles. The van der Waals surface area contributed by atoms with Gasteiger partial charge in [-0.15, -0.1) is 11.8 Å². The lowest BCUT2D eigenvalue weighted by Gasteiger charge is -2.33. The highest BCUT2D eigenvalue weighted by Gasteiger charge is 2.39. The molecule has 2 aliphatic heterocycles. The van der Waals surface area contributed by atoms with Crippen LogP contribution in [0.2, 0.25) is 0 Å². The van der Waals surface area contributed by atoms with E-state index in [1.54, 1.807) is 4.90 Å². The Hall–Kier alpha value is -3.04. The van der Waals surface area contributed by atoms with Crippen LogP contribution in [0.15, 0.2) is 48.5 Å². The van der Waals surface area contributed by atoms with E-state index in [4.69, 9.17) is 9.47 Å². The van der Waals surface area contributed by atoms with Gasteiger partial charge in [0.1, 0.15) is 18.0 Å². The largest absolute Gasteiger partial charge is 0.480 e. The molecule has 0 bridgehead atoms. The number of rotatable bonds is 6. The van der Waals surface area contributed by atoms with E-state index in [-0.39, 0.29) is 37.4 Å². The van der Waals surface area contributed by atoms with Gasteiger partial charge in [-0.05, 0) is 28.7 Å². The molecule has 8 nitrogen and oxygen atoms in total. The van der Waals surface area contributed by atoms with Crippen LogP contribution >= 0.6 is 11.8 Å². The van der Waals surface area contributed by atoms with E-state index in [1.165, 1.54) is 22.9 Å². The third-order valence-corrected chi connectivity index (χ3v) is 8.13. The molecule has 3 unspecified atom stereocenters. The van der Waals surface area contributed by atoms with E-state index in [9.17, 15) is 19.5 Å². The van der Waals surface area contributed by atoms with Gasteiger partial charge in [0.25, 0.3) is 5.91 Å². The molecule has 3 aliphatic rings. The first-order valence-electron chi connectivity index (χ1n) is 11.9. The van der Waals surface area contributed by atoms with Crippen molar-refractivity contribution in [2.45, 2.75) is 23.7 Å². The molecule has 2 aromatic carbocycles. The molecular weight excluding hydrogens is 468 g/mol. The Morgan fingerprint density at radius 2 is 1.77 bits per heavy atom. The van der Waals surface area contributed by atoms with Crippen LogP contribution < -0.4 is 5.32 Å². The summed E-state index contributed by atoms with van der Waals surface area (Å²) >= 11 is 1.35. The summed E-state index contributed by atoms with van der Waals surface area (Å²) in [6.45, 7) is 1.59. The summed E-state index contributed by atoms with van der Waals surface area (Å²) in [6.07, 6.45) is -0.558. The van der Waals surface area contributed by atoms with Crippen LogP contribution in [0.3, 0.4) is 0 Å². The van der Waals surface area contributed by atoms with Gasteiger partial charge < -0.3 is 24.8 Å². The first-order chi connectivity index (χ1) is 17.0. The summed E-state index contributed by atoms with van der Waals surface area (Å²) in [5, 5.41) is 11.5. The normalized spacial score (nSPS) is 23.4. The van der Waals surface area contributed by atoms with Crippen molar-refractivity contribution >= 4 is 29.7 Å². The SMILES string of the molecule is O=C(NCC1CCOC1C(=O)N1CCSC(C(=O)O)C1)OCC1c2ccccc2-c2ccccc21. The molecular formula is C26H28N2O6S. The van der Waals surface area contributed by atoms with E-state index in [2.05, 4.69) is 29.6 Å². The van der Waals surface area contributed by atoms with Crippen LogP contribution in [0.25, 0.3) is 11.1 Å². The standard InChI is InChI=1S/C26H28N2O6S/c29-24(28-10-12-35-22(14-28)25(30)31)23-16(9-11-33-23)13-27-26(32)34-15-21-19-7-3-1-5-17(19)18-6-2-4-8-20(18)21/h1-8,16,21-23H,9-15H2,(H,27,32)(H,30,31). The van der Waals surface area contributed by atoms with Crippen molar-refractivity contribution in [2.24, 2.45) is 5.92 Å². The fourth-order valence-electron chi connectivity index (χ4n) is 5.16. The first-order valence-corrected chi connectivity index (χ1v) is 12.9. The number of carboxylic acids is 1. The predicted molar refractivity (Wildman–Crippen MR) is 131 cm³/mol. The number of fused-ring (bicyclic) bond motifs is 3. The average molecular weight is 497 g/mol. The molecule has 35 heavy (non-hydrogen) atoms. The molecule has 0 radical (unpaired) electrons. The second-order valence-corrected chi connectivity index (χ2v) is 10.3. The lowest BCUT2D eigenvalue weighted by atomic mass is 9.98. The van der Waals surface area contributed by atoms with Crippen LogP contribution in [0.4, 0.5) is 4.79 Å². The highest BCUT2D eigenvalue weighted by atomic mass is 32.2. The van der Waals surface area contributed by atoms with Gasteiger partial charge in [-0.1, -0.05) is 48.5 Å². The zero-order valence-corrected chi connectivity index (χ0v) is 20.0. The fourth-order valence-corrected chi connectivity index (χ4v) is 6.20. The van der Waals surface area contributed by atoms with E-state index >= 15 is 0 Å². The molecule has 184 valence electrons. The number of carboxylic acid groups (broad SMARTS) is 1. The Kier molecular flexibility index (Phi) is 6.97. The summed E-state index contributed by atoms with van der Waals surface area (Å²) in [7, 11) is 0. The van der Waals surface area contributed by atoms with Crippen molar-refractivity contribution in [2.75, 3.05) is 38.6 Å². The molecule has 0 aromatic heterocycles. The minimum absolute atomic E-state index is 0.0172. The molecule has 5 rings (SSSR count). The molecule has 2 aromatic rings. The molecule has 0 spiro atoms. The number of alkyl carbamates (subject to hydrolysis) is 1. The lowest BCUT2D eigenvalue weighted by molar-refractivity contribution is -0.144. The van der Waals surface area contributed by atoms with Gasteiger partial charge in [0, 0.05) is 43.8 Å². The maximum atomic E-state index is 13.0. The minimum atomic E-state index is -0.909. The number of carbonyl (C=O) groups is 3. The smallest absolute Gasteiger partial charge is 0.407 e. The molecule has 2 fully saturated rings. The number of aliphatic carboxylic acids is 1. The van der Waals surface area contributed by atoms with E-state index in [0.29, 0.717) is 25.3 Å². The Morgan fingerprint density at radius 1 is 1.09 bits per heavy atom. The maximum absolute atomic E-state index is 13.0. The number of thioether (sulfide) groups is 1. The van der Waals surface area contributed by atoms with Gasteiger partial charge in [0.15, 0.2) is 0 Å². The van der Waals surface area contributed by atoms with Gasteiger partial charge >= 0.3 is 12.1 Å². The van der Waals surface area contributed by atoms with Crippen molar-refractivity contribution in [3.05, 3.63) is 59.7 Å². The van der Waals surface area contributed by atoms with Gasteiger partial charge in [-0.2, -0.15) is 0 Å². The highest BCUT2D eigenvalue weighted by molar-refractivity contribution is 8.00. The van der Waals surface area contributed by atoms with Crippen molar-refractivity contribution in [1.29, 1.82) is 0 Å². The van der Waals surface area contributed by atoms with Crippen molar-refractivity contribution in [1.82, 2.24) is 10.2 Å². The number of nitrogens with one attached hydrogen (secondary N) is 1. The Labute approximate surface area is 208 Å². The molecule has 2 N–H and O–H groups in total. The van der Waals surface area contributed by atoms with Gasteiger partial charge in [0.2, 0.25) is 0 Å². The zero-order chi connectivity index (χ0) is 24.4. The Balaban J connectivity index is 1.15. The minimum Gasteiger partial charge on any atom is -0.480 e. The van der Waals surface area contributed by atoms with Crippen molar-refractivity contribution in [3.8, 4) is 11.1 Å². The van der Waals surface area contributed by atoms with Crippen LogP contribution in [-0.2, 0) is 19.1 Å². The third kappa shape index (κ3) is 4.88. The number of amides is 2. The predicted octanol–water partition coefficient (Wildman–Crippen LogP) is 2.96. The number of benzene rings is 2. The first kappa shape index (κ1) is 23.7. The Bertz CT molecular complexity index is 1080. The second-order valence-electron chi connectivity index (χ2n) is 9.03. The molecule has 2 heterocycles. The summed E-state index contributed by atoms with van der Waals surface area (Å²) in [5.74, 6) is -0.725. The van der Waals surface area contributed by atoms with Crippen LogP contribution in [-0.4, -0.2) is 77.9 Å². The molecule has 9 heteroatoms. The summed E-state index contributed by atoms with van der Waals surface area (Å²) in [4.78, 5) is 38.5. The summed E-state index contributed by atoms with van der Waals surface area (Å²) in [5.41, 5.74) is 4.64. The fraction of sp³-hybridized carbons (Fsp3) is 0.423. The Morgan fingerprint density at radius 3 is 2.46 bits per heavy atom. The van der Waals surface area contributed by atoms with E-state index < -0.39 is 23.4 Å². The number of hydrogen-bond donors (Lipinski definition) is 2. The summed E-state index contributed by atoms with van der Waals surface area (Å²) in [6, 6.07) is 16.3. The molecule has 2 amide bonds. The topological polar surface area (TPSA) is 105 Å². The molecule has 3 atom stereocenters. The average Bonchev–Trinajstić information content (AvgIpc) is 3.48. The van der Waals surface area contributed by atoms with Crippen molar-refractivity contribution < 1.29 is 29.0 Å². The number of ether oxygens (including phenoxy) is 2. The van der Waals surface area contributed by atoms with Gasteiger partial charge in [-0.25, -0.2) is 4.79 Å². The number of hydrogen-bond acceptors (Lipinski definition) is 6. The lowest BCUT2D eigenvalue weighted by Crippen LogP contribution is -2.50. The maximum Gasteiger partial charge on any atom is 0.407 e. The van der Waals surface area contributed by atoms with Crippen LogP contribution in [0, 0.1) is 5.92 Å². The molecule has 2 saturated heterocycles. The zero-order valence-electron chi connectivity index (χ0n) is 19.2. The van der Waals surface area contributed by atoms with E-state index in [1.807, 2.05) is 24.3 Å². The van der Waals surface area contributed by atoms with E-state index in [0.717, 1.165) is 11.1 Å².